The van der Waals surface area contributed by atoms with E-state index in [2.05, 4.69) is 0 Å². The highest BCUT2D eigenvalue weighted by atomic mass is 79.9. The highest BCUT2D eigenvalue weighted by Gasteiger charge is 1.93. The van der Waals surface area contributed by atoms with E-state index >= 15 is 0 Å². The number of unbranched alkanes of at least 4 members (excludes halogenated alkanes) is 1. The van der Waals surface area contributed by atoms with Crippen LogP contribution in [-0.2, 0) is 6.42 Å². The van der Waals surface area contributed by atoms with Gasteiger partial charge in [0.1, 0.15) is 5.75 Å². The van der Waals surface area contributed by atoms with Gasteiger partial charge in [0, 0.05) is 0 Å². The molecule has 0 unspecified atom stereocenters. The van der Waals surface area contributed by atoms with E-state index in [4.69, 9.17) is 10.8 Å². The third-order valence-electron chi connectivity index (χ3n) is 1.83. The van der Waals surface area contributed by atoms with Gasteiger partial charge in [-0.05, 0) is 43.5 Å². The molecule has 74 valence electrons. The molecule has 0 aliphatic carbocycles. The maximum absolute atomic E-state index is 9.14. The van der Waals surface area contributed by atoms with E-state index in [1.165, 1.54) is 5.56 Å². The maximum atomic E-state index is 9.14. The van der Waals surface area contributed by atoms with Crippen molar-refractivity contribution in [2.45, 2.75) is 19.3 Å². The first-order valence-corrected chi connectivity index (χ1v) is 4.31. The number of hydrogen-bond acceptors (Lipinski definition) is 2. The normalized spacial score (nSPS) is 9.31. The average Bonchev–Trinajstić information content (AvgIpc) is 2.05. The lowest BCUT2D eigenvalue weighted by Crippen LogP contribution is -1.98. The molecule has 0 spiro atoms. The minimum atomic E-state index is 0. The molecule has 0 aliphatic heterocycles. The number of aromatic hydroxyl groups is 1. The second-order valence-electron chi connectivity index (χ2n) is 2.92. The molecule has 0 saturated carbocycles. The molecule has 1 rings (SSSR count). The van der Waals surface area contributed by atoms with E-state index in [1.54, 1.807) is 12.1 Å². The fraction of sp³-hybridized carbons (Fsp3) is 0.400. The second-order valence-corrected chi connectivity index (χ2v) is 2.92. The van der Waals surface area contributed by atoms with Gasteiger partial charge in [-0.25, -0.2) is 0 Å². The smallest absolute Gasteiger partial charge is 0.115 e. The molecule has 13 heavy (non-hydrogen) atoms. The highest BCUT2D eigenvalue weighted by Crippen LogP contribution is 2.12. The van der Waals surface area contributed by atoms with E-state index in [9.17, 15) is 0 Å². The Morgan fingerprint density at radius 3 is 2.62 bits per heavy atom. The van der Waals surface area contributed by atoms with E-state index in [0.29, 0.717) is 5.75 Å². The summed E-state index contributed by atoms with van der Waals surface area (Å²) in [5.74, 6) is 0.347. The van der Waals surface area contributed by atoms with Crippen LogP contribution in [0.2, 0.25) is 0 Å². The Morgan fingerprint density at radius 2 is 2.00 bits per heavy atom. The lowest BCUT2D eigenvalue weighted by Gasteiger charge is -2.00. The Morgan fingerprint density at radius 1 is 1.23 bits per heavy atom. The molecule has 0 aromatic heterocycles. The lowest BCUT2D eigenvalue weighted by molar-refractivity contribution is 0.474. The Hall–Kier alpha value is -0.540. The highest BCUT2D eigenvalue weighted by molar-refractivity contribution is 8.93. The number of phenols is 1. The number of halogens is 1. The predicted octanol–water partition coefficient (Wildman–Crippen LogP) is 2.25. The van der Waals surface area contributed by atoms with E-state index in [1.807, 2.05) is 12.1 Å². The number of hydrogen-bond donors (Lipinski definition) is 2. The Balaban J connectivity index is 0.00000144. The van der Waals surface area contributed by atoms with Gasteiger partial charge in [0.2, 0.25) is 0 Å². The van der Waals surface area contributed by atoms with Crippen LogP contribution in [-0.4, -0.2) is 11.7 Å². The van der Waals surface area contributed by atoms with Gasteiger partial charge in [0.25, 0.3) is 0 Å². The quantitative estimate of drug-likeness (QED) is 0.800. The molecular formula is C10H16BrNO. The predicted molar refractivity (Wildman–Crippen MR) is 60.4 cm³/mol. The minimum absolute atomic E-state index is 0. The number of benzene rings is 1. The van der Waals surface area contributed by atoms with Gasteiger partial charge < -0.3 is 10.8 Å². The van der Waals surface area contributed by atoms with Crippen LogP contribution < -0.4 is 5.73 Å². The second kappa shape index (κ2) is 6.92. The van der Waals surface area contributed by atoms with Crippen LogP contribution in [0.15, 0.2) is 24.3 Å². The molecule has 3 N–H and O–H groups in total. The van der Waals surface area contributed by atoms with Crippen molar-refractivity contribution in [2.75, 3.05) is 6.54 Å². The first-order valence-electron chi connectivity index (χ1n) is 4.31. The van der Waals surface area contributed by atoms with Gasteiger partial charge in [-0.3, -0.25) is 0 Å². The van der Waals surface area contributed by atoms with Crippen molar-refractivity contribution in [3.63, 3.8) is 0 Å². The van der Waals surface area contributed by atoms with Crippen LogP contribution in [0, 0.1) is 0 Å². The molecule has 0 saturated heterocycles. The van der Waals surface area contributed by atoms with Crippen LogP contribution in [0.5, 0.6) is 5.75 Å². The molecule has 2 nitrogen and oxygen atoms in total. The summed E-state index contributed by atoms with van der Waals surface area (Å²) in [6, 6.07) is 7.38. The fourth-order valence-electron chi connectivity index (χ4n) is 1.19. The Kier molecular flexibility index (Phi) is 6.63. The van der Waals surface area contributed by atoms with Gasteiger partial charge >= 0.3 is 0 Å². The van der Waals surface area contributed by atoms with Gasteiger partial charge in [-0.2, -0.15) is 0 Å². The molecule has 0 fully saturated rings. The van der Waals surface area contributed by atoms with E-state index < -0.39 is 0 Å². The van der Waals surface area contributed by atoms with Crippen molar-refractivity contribution in [1.29, 1.82) is 0 Å². The third-order valence-corrected chi connectivity index (χ3v) is 1.83. The average molecular weight is 246 g/mol. The molecule has 0 amide bonds. The van der Waals surface area contributed by atoms with Crippen molar-refractivity contribution in [3.05, 3.63) is 29.8 Å². The van der Waals surface area contributed by atoms with Crippen molar-refractivity contribution >= 4 is 17.0 Å². The van der Waals surface area contributed by atoms with E-state index in [-0.39, 0.29) is 17.0 Å². The summed E-state index contributed by atoms with van der Waals surface area (Å²) in [5, 5.41) is 9.14. The number of aryl methyl sites for hydroxylation is 1. The summed E-state index contributed by atoms with van der Waals surface area (Å²) in [7, 11) is 0. The van der Waals surface area contributed by atoms with Gasteiger partial charge in [0.15, 0.2) is 0 Å². The SMILES string of the molecule is Br.NCCCCc1cccc(O)c1. The summed E-state index contributed by atoms with van der Waals surface area (Å²) in [6.07, 6.45) is 3.15. The number of phenolic OH excluding ortho intramolecular Hbond substituents is 1. The Labute approximate surface area is 89.5 Å². The van der Waals surface area contributed by atoms with Gasteiger partial charge in [0.05, 0.1) is 0 Å². The lowest BCUT2D eigenvalue weighted by atomic mass is 10.1. The van der Waals surface area contributed by atoms with Crippen molar-refractivity contribution < 1.29 is 5.11 Å². The molecule has 0 atom stereocenters. The summed E-state index contributed by atoms with van der Waals surface area (Å²) < 4.78 is 0. The van der Waals surface area contributed by atoms with Gasteiger partial charge in [-0.1, -0.05) is 12.1 Å². The van der Waals surface area contributed by atoms with Crippen LogP contribution >= 0.6 is 17.0 Å². The van der Waals surface area contributed by atoms with Crippen molar-refractivity contribution in [2.24, 2.45) is 5.73 Å². The zero-order valence-corrected chi connectivity index (χ0v) is 9.28. The standard InChI is InChI=1S/C10H15NO.BrH/c11-7-2-1-4-9-5-3-6-10(12)8-9;/h3,5-6,8,12H,1-2,4,7,11H2;1H. The molecule has 3 heteroatoms. The zero-order valence-electron chi connectivity index (χ0n) is 7.57. The van der Waals surface area contributed by atoms with Crippen LogP contribution in [0.1, 0.15) is 18.4 Å². The molecule has 0 bridgehead atoms. The van der Waals surface area contributed by atoms with Crippen molar-refractivity contribution in [1.82, 2.24) is 0 Å². The van der Waals surface area contributed by atoms with Crippen LogP contribution in [0.3, 0.4) is 0 Å². The molecule has 1 aromatic rings. The molecule has 0 radical (unpaired) electrons. The van der Waals surface area contributed by atoms with Crippen LogP contribution in [0.4, 0.5) is 0 Å². The monoisotopic (exact) mass is 245 g/mol. The largest absolute Gasteiger partial charge is 0.508 e. The molecule has 0 heterocycles. The number of rotatable bonds is 4. The topological polar surface area (TPSA) is 46.2 Å². The van der Waals surface area contributed by atoms with Gasteiger partial charge in [-0.15, -0.1) is 17.0 Å². The van der Waals surface area contributed by atoms with Crippen molar-refractivity contribution in [3.8, 4) is 5.75 Å². The Bertz CT molecular complexity index is 240. The molecule has 1 aromatic carbocycles. The zero-order chi connectivity index (χ0) is 8.81. The summed E-state index contributed by atoms with van der Waals surface area (Å²) in [5.41, 5.74) is 6.56. The fourth-order valence-corrected chi connectivity index (χ4v) is 1.19. The van der Waals surface area contributed by atoms with Crippen LogP contribution in [0.25, 0.3) is 0 Å². The molecule has 0 aliphatic rings. The maximum Gasteiger partial charge on any atom is 0.115 e. The third kappa shape index (κ3) is 4.90. The number of nitrogens with two attached hydrogens (primary N) is 1. The first-order chi connectivity index (χ1) is 5.83. The van der Waals surface area contributed by atoms with E-state index in [0.717, 1.165) is 25.8 Å². The molecular weight excluding hydrogens is 230 g/mol. The summed E-state index contributed by atoms with van der Waals surface area (Å²) in [6.45, 7) is 0.749. The summed E-state index contributed by atoms with van der Waals surface area (Å²) in [4.78, 5) is 0. The first kappa shape index (κ1) is 12.5. The minimum Gasteiger partial charge on any atom is -0.508 e. The summed E-state index contributed by atoms with van der Waals surface area (Å²) >= 11 is 0.